The van der Waals surface area contributed by atoms with Crippen molar-refractivity contribution in [2.45, 2.75) is 56.4 Å². The van der Waals surface area contributed by atoms with E-state index in [-0.39, 0.29) is 11.3 Å². The van der Waals surface area contributed by atoms with E-state index in [9.17, 15) is 9.90 Å². The Bertz CT molecular complexity index is 978. The van der Waals surface area contributed by atoms with Gasteiger partial charge in [-0.05, 0) is 79.5 Å². The van der Waals surface area contributed by atoms with Crippen LogP contribution in [0.1, 0.15) is 48.8 Å². The Hall–Kier alpha value is -1.85. The van der Waals surface area contributed by atoms with Crippen molar-refractivity contribution in [2.75, 3.05) is 23.7 Å². The van der Waals surface area contributed by atoms with Gasteiger partial charge in [-0.1, -0.05) is 53.0 Å². The maximum atomic E-state index is 11.9. The lowest BCUT2D eigenvalue weighted by molar-refractivity contribution is -0.113. The smallest absolute Gasteiger partial charge is 0.235 e. The molecule has 1 saturated carbocycles. The number of alkyl halides is 1. The average Bonchev–Trinajstić information content (AvgIpc) is 2.79. The maximum absolute atomic E-state index is 11.9. The first-order chi connectivity index (χ1) is 15.1. The molecule has 2 bridgehead atoms. The summed E-state index contributed by atoms with van der Waals surface area (Å²) in [6, 6.07) is 14.9. The fourth-order valence-electron chi connectivity index (χ4n) is 6.66. The summed E-state index contributed by atoms with van der Waals surface area (Å²) in [4.78, 5) is 14.6. The number of likely N-dealkylation sites (tertiary alicyclic amines) is 1. The third kappa shape index (κ3) is 3.80. The van der Waals surface area contributed by atoms with Crippen molar-refractivity contribution in [3.05, 3.63) is 59.2 Å². The largest absolute Gasteiger partial charge is 0.508 e. The summed E-state index contributed by atoms with van der Waals surface area (Å²) in [6.45, 7) is 2.14. The molecular formula is C26H31BrN2O2. The number of amides is 1. The number of rotatable bonds is 5. The molecule has 164 valence electrons. The van der Waals surface area contributed by atoms with E-state index in [2.05, 4.69) is 50.4 Å². The van der Waals surface area contributed by atoms with Gasteiger partial charge in [-0.15, -0.1) is 0 Å². The summed E-state index contributed by atoms with van der Waals surface area (Å²) in [5.74, 6) is 1.10. The minimum atomic E-state index is -0.00967. The van der Waals surface area contributed by atoms with Gasteiger partial charge in [0.2, 0.25) is 5.91 Å². The van der Waals surface area contributed by atoms with E-state index in [1.807, 2.05) is 18.2 Å². The zero-order chi connectivity index (χ0) is 21.4. The van der Waals surface area contributed by atoms with Gasteiger partial charge in [0.1, 0.15) is 5.75 Å². The molecular weight excluding hydrogens is 452 g/mol. The van der Waals surface area contributed by atoms with E-state index < -0.39 is 0 Å². The summed E-state index contributed by atoms with van der Waals surface area (Å²) in [6.07, 6.45) is 8.41. The number of phenols is 1. The van der Waals surface area contributed by atoms with Gasteiger partial charge in [-0.2, -0.15) is 0 Å². The van der Waals surface area contributed by atoms with Crippen LogP contribution in [0.5, 0.6) is 5.75 Å². The molecule has 1 heterocycles. The van der Waals surface area contributed by atoms with E-state index in [1.165, 1.54) is 48.8 Å². The van der Waals surface area contributed by atoms with E-state index >= 15 is 0 Å². The molecule has 0 spiro atoms. The lowest BCUT2D eigenvalue weighted by Crippen LogP contribution is -2.61. The molecule has 0 aromatic heterocycles. The molecule has 4 nitrogen and oxygen atoms in total. The first-order valence-electron chi connectivity index (χ1n) is 11.6. The number of para-hydroxylation sites is 1. The van der Waals surface area contributed by atoms with Gasteiger partial charge in [-0.25, -0.2) is 0 Å². The second-order valence-corrected chi connectivity index (χ2v) is 10.1. The zero-order valence-corrected chi connectivity index (χ0v) is 19.5. The number of anilines is 1. The van der Waals surface area contributed by atoms with Crippen molar-refractivity contribution < 1.29 is 9.90 Å². The first-order valence-corrected chi connectivity index (χ1v) is 12.7. The predicted molar refractivity (Wildman–Crippen MR) is 128 cm³/mol. The fraction of sp³-hybridized carbons (Fsp3) is 0.500. The molecule has 5 heteroatoms. The molecule has 2 aromatic carbocycles. The minimum absolute atomic E-state index is 0.00967. The Kier molecular flexibility index (Phi) is 5.82. The lowest BCUT2D eigenvalue weighted by atomic mass is 9.52. The molecule has 5 rings (SSSR count). The summed E-state index contributed by atoms with van der Waals surface area (Å²) < 4.78 is 0. The standard InChI is InChI=1S/C26H31BrN2O2/c27-17-25(31)28-23-7-2-1-5-18(23)10-13-29-14-12-26-11-4-3-6-21(26)24(29)15-19-8-9-20(30)16-22(19)26/h1-2,5,7-9,16,21,24,30H,3-4,6,10-15,17H2,(H,28,31)/t21-,24+,26+/m0/s1. The zero-order valence-electron chi connectivity index (χ0n) is 17.9. The summed E-state index contributed by atoms with van der Waals surface area (Å²) in [7, 11) is 0. The molecule has 2 fully saturated rings. The van der Waals surface area contributed by atoms with Crippen LogP contribution in [0.3, 0.4) is 0 Å². The Morgan fingerprint density at radius 3 is 2.94 bits per heavy atom. The number of aromatic hydroxyl groups is 1. The molecule has 1 saturated heterocycles. The molecule has 3 atom stereocenters. The van der Waals surface area contributed by atoms with Crippen LogP contribution in [0.25, 0.3) is 0 Å². The van der Waals surface area contributed by atoms with Crippen LogP contribution < -0.4 is 5.32 Å². The highest BCUT2D eigenvalue weighted by molar-refractivity contribution is 9.09. The number of nitrogens with zero attached hydrogens (tertiary/aromatic N) is 1. The third-order valence-corrected chi connectivity index (χ3v) is 8.53. The highest BCUT2D eigenvalue weighted by atomic mass is 79.9. The highest BCUT2D eigenvalue weighted by Crippen LogP contribution is 2.56. The summed E-state index contributed by atoms with van der Waals surface area (Å²) >= 11 is 3.24. The van der Waals surface area contributed by atoms with Crippen LogP contribution >= 0.6 is 15.9 Å². The van der Waals surface area contributed by atoms with Gasteiger partial charge in [0.15, 0.2) is 0 Å². The number of hydrogen-bond acceptors (Lipinski definition) is 3. The Balaban J connectivity index is 1.38. The van der Waals surface area contributed by atoms with E-state index in [0.717, 1.165) is 31.6 Å². The normalized spacial score (nSPS) is 27.3. The first kappa shape index (κ1) is 21.0. The highest BCUT2D eigenvalue weighted by Gasteiger charge is 2.53. The Morgan fingerprint density at radius 2 is 2.06 bits per heavy atom. The molecule has 3 aliphatic rings. The van der Waals surface area contributed by atoms with Gasteiger partial charge in [0.25, 0.3) is 0 Å². The number of carbonyl (C=O) groups is 1. The SMILES string of the molecule is O=C(CBr)Nc1ccccc1CCN1CC[C@]23CCCC[C@H]2[C@H]1Cc1ccc(O)cc13. The molecule has 0 radical (unpaired) electrons. The van der Waals surface area contributed by atoms with Gasteiger partial charge in [0, 0.05) is 23.7 Å². The van der Waals surface area contributed by atoms with Crippen molar-refractivity contribution in [3.63, 3.8) is 0 Å². The second-order valence-electron chi connectivity index (χ2n) is 9.50. The van der Waals surface area contributed by atoms with Crippen molar-refractivity contribution >= 4 is 27.5 Å². The molecule has 2 aliphatic carbocycles. The van der Waals surface area contributed by atoms with Gasteiger partial charge >= 0.3 is 0 Å². The van der Waals surface area contributed by atoms with Crippen molar-refractivity contribution in [1.82, 2.24) is 4.90 Å². The van der Waals surface area contributed by atoms with E-state index in [1.54, 1.807) is 0 Å². The number of hydrogen-bond donors (Lipinski definition) is 2. The van der Waals surface area contributed by atoms with Crippen LogP contribution in [0.4, 0.5) is 5.69 Å². The van der Waals surface area contributed by atoms with E-state index in [0.29, 0.717) is 23.0 Å². The fourth-order valence-corrected chi connectivity index (χ4v) is 6.80. The quantitative estimate of drug-likeness (QED) is 0.587. The number of piperidine rings is 1. The van der Waals surface area contributed by atoms with Crippen LogP contribution in [-0.4, -0.2) is 40.4 Å². The van der Waals surface area contributed by atoms with Crippen LogP contribution in [0.2, 0.25) is 0 Å². The van der Waals surface area contributed by atoms with Crippen molar-refractivity contribution in [2.24, 2.45) is 5.92 Å². The molecule has 31 heavy (non-hydrogen) atoms. The van der Waals surface area contributed by atoms with Crippen LogP contribution in [0, 0.1) is 5.92 Å². The number of fused-ring (bicyclic) bond motifs is 1. The topological polar surface area (TPSA) is 52.6 Å². The summed E-state index contributed by atoms with van der Waals surface area (Å²) in [5, 5.41) is 13.5. The van der Waals surface area contributed by atoms with Crippen LogP contribution in [0.15, 0.2) is 42.5 Å². The number of halogens is 1. The van der Waals surface area contributed by atoms with Gasteiger partial charge in [0.05, 0.1) is 5.33 Å². The number of nitrogens with one attached hydrogen (secondary N) is 1. The maximum Gasteiger partial charge on any atom is 0.235 e. The second kappa shape index (κ2) is 8.59. The number of benzene rings is 2. The third-order valence-electron chi connectivity index (χ3n) is 8.02. The predicted octanol–water partition coefficient (Wildman–Crippen LogP) is 5.03. The Morgan fingerprint density at radius 1 is 1.19 bits per heavy atom. The molecule has 1 aliphatic heterocycles. The van der Waals surface area contributed by atoms with Crippen molar-refractivity contribution in [1.29, 1.82) is 0 Å². The monoisotopic (exact) mass is 482 g/mol. The van der Waals surface area contributed by atoms with Gasteiger partial charge < -0.3 is 10.4 Å². The molecule has 1 amide bonds. The molecule has 2 aromatic rings. The summed E-state index contributed by atoms with van der Waals surface area (Å²) in [5.41, 5.74) is 5.28. The van der Waals surface area contributed by atoms with Crippen molar-refractivity contribution in [3.8, 4) is 5.75 Å². The minimum Gasteiger partial charge on any atom is -0.508 e. The molecule has 0 unspecified atom stereocenters. The van der Waals surface area contributed by atoms with E-state index in [4.69, 9.17) is 0 Å². The Labute approximate surface area is 193 Å². The molecule has 2 N–H and O–H groups in total. The lowest BCUT2D eigenvalue weighted by Gasteiger charge is -2.59. The average molecular weight is 483 g/mol. The van der Waals surface area contributed by atoms with Crippen LogP contribution in [-0.2, 0) is 23.1 Å². The number of phenolic OH excluding ortho intramolecular Hbond substituents is 1. The van der Waals surface area contributed by atoms with Gasteiger partial charge in [-0.3, -0.25) is 9.69 Å². The number of carbonyl (C=O) groups excluding carboxylic acids is 1.